The van der Waals surface area contributed by atoms with Crippen LogP contribution in [-0.4, -0.2) is 50.7 Å². The van der Waals surface area contributed by atoms with Crippen LogP contribution in [0.1, 0.15) is 12.8 Å². The maximum atomic E-state index is 5.88. The summed E-state index contributed by atoms with van der Waals surface area (Å²) in [6.45, 7) is 4.10. The molecule has 7 heteroatoms. The summed E-state index contributed by atoms with van der Waals surface area (Å²) in [5.74, 6) is 1.43. The van der Waals surface area contributed by atoms with Gasteiger partial charge < -0.3 is 10.1 Å². The van der Waals surface area contributed by atoms with Crippen molar-refractivity contribution >= 4 is 17.3 Å². The zero-order valence-electron chi connectivity index (χ0n) is 16.7. The summed E-state index contributed by atoms with van der Waals surface area (Å²) in [5.41, 5.74) is 3.72. The Morgan fingerprint density at radius 3 is 2.53 bits per heavy atom. The largest absolute Gasteiger partial charge is 0.492 e. The van der Waals surface area contributed by atoms with Crippen LogP contribution in [0.15, 0.2) is 67.0 Å². The van der Waals surface area contributed by atoms with Gasteiger partial charge in [0, 0.05) is 30.2 Å². The molecular weight excluding hydrogens is 376 g/mol. The van der Waals surface area contributed by atoms with Crippen LogP contribution in [0.5, 0.6) is 5.75 Å². The van der Waals surface area contributed by atoms with Crippen molar-refractivity contribution in [2.45, 2.75) is 12.8 Å². The number of hydrogen-bond donors (Lipinski definition) is 1. The molecule has 0 atom stereocenters. The van der Waals surface area contributed by atoms with Crippen LogP contribution in [0, 0.1) is 0 Å². The van der Waals surface area contributed by atoms with Gasteiger partial charge >= 0.3 is 0 Å². The molecule has 1 fully saturated rings. The third-order valence-electron chi connectivity index (χ3n) is 5.32. The van der Waals surface area contributed by atoms with E-state index < -0.39 is 0 Å². The van der Waals surface area contributed by atoms with E-state index in [-0.39, 0.29) is 0 Å². The van der Waals surface area contributed by atoms with E-state index in [1.54, 1.807) is 12.4 Å². The second-order valence-corrected chi connectivity index (χ2v) is 7.40. The van der Waals surface area contributed by atoms with Crippen LogP contribution in [0.4, 0.5) is 11.6 Å². The Morgan fingerprint density at radius 2 is 1.73 bits per heavy atom. The molecule has 30 heavy (non-hydrogen) atoms. The number of nitrogens with zero attached hydrogens (tertiary/aromatic N) is 5. The second-order valence-electron chi connectivity index (χ2n) is 7.40. The van der Waals surface area contributed by atoms with Gasteiger partial charge in [-0.15, -0.1) is 5.10 Å². The molecule has 0 spiro atoms. The SMILES string of the molecule is c1cc(-c2ccncc2)n2nc(Nc3ccc(OCCN4CCCC4)cc3)nc2c1. The Balaban J connectivity index is 1.26. The molecule has 1 saturated heterocycles. The summed E-state index contributed by atoms with van der Waals surface area (Å²) in [5, 5.41) is 7.92. The molecule has 7 nitrogen and oxygen atoms in total. The first-order valence-electron chi connectivity index (χ1n) is 10.3. The highest BCUT2D eigenvalue weighted by Gasteiger charge is 2.11. The molecule has 0 saturated carbocycles. The summed E-state index contributed by atoms with van der Waals surface area (Å²) in [7, 11) is 0. The zero-order valence-corrected chi connectivity index (χ0v) is 16.7. The number of pyridine rings is 2. The number of ether oxygens (including phenoxy) is 1. The standard InChI is InChI=1S/C23H24N6O/c1-2-15-28(14-1)16-17-30-20-8-6-19(7-9-20)25-23-26-22-5-3-4-21(29(22)27-23)18-10-12-24-13-11-18/h3-13H,1-2,14-17H2,(H,25,27). The number of likely N-dealkylation sites (tertiary alicyclic amines) is 1. The summed E-state index contributed by atoms with van der Waals surface area (Å²) >= 11 is 0. The molecule has 5 rings (SSSR count). The van der Waals surface area contributed by atoms with Crippen LogP contribution in [0.3, 0.4) is 0 Å². The van der Waals surface area contributed by atoms with E-state index in [0.29, 0.717) is 5.95 Å². The molecule has 4 heterocycles. The maximum Gasteiger partial charge on any atom is 0.247 e. The Morgan fingerprint density at radius 1 is 0.933 bits per heavy atom. The first-order valence-corrected chi connectivity index (χ1v) is 10.3. The highest BCUT2D eigenvalue weighted by atomic mass is 16.5. The summed E-state index contributed by atoms with van der Waals surface area (Å²) in [4.78, 5) is 11.1. The second kappa shape index (κ2) is 8.51. The van der Waals surface area contributed by atoms with E-state index in [1.807, 2.05) is 59.1 Å². The van der Waals surface area contributed by atoms with E-state index >= 15 is 0 Å². The lowest BCUT2D eigenvalue weighted by atomic mass is 10.2. The summed E-state index contributed by atoms with van der Waals surface area (Å²) < 4.78 is 7.72. The minimum absolute atomic E-state index is 0.555. The van der Waals surface area contributed by atoms with Crippen LogP contribution >= 0.6 is 0 Å². The lowest BCUT2D eigenvalue weighted by molar-refractivity contribution is 0.238. The van der Waals surface area contributed by atoms with E-state index in [1.165, 1.54) is 25.9 Å². The molecule has 0 amide bonds. The van der Waals surface area contributed by atoms with Gasteiger partial charge in [0.2, 0.25) is 5.95 Å². The van der Waals surface area contributed by atoms with Gasteiger partial charge in [0.15, 0.2) is 5.65 Å². The van der Waals surface area contributed by atoms with Crippen molar-refractivity contribution in [3.63, 3.8) is 0 Å². The zero-order chi connectivity index (χ0) is 20.2. The smallest absolute Gasteiger partial charge is 0.247 e. The number of fused-ring (bicyclic) bond motifs is 1. The predicted molar refractivity (Wildman–Crippen MR) is 117 cm³/mol. The van der Waals surface area contributed by atoms with Gasteiger partial charge in [0.05, 0.1) is 5.69 Å². The van der Waals surface area contributed by atoms with Crippen molar-refractivity contribution in [2.24, 2.45) is 0 Å². The number of nitrogens with one attached hydrogen (secondary N) is 1. The van der Waals surface area contributed by atoms with Crippen molar-refractivity contribution in [1.29, 1.82) is 0 Å². The molecule has 1 aromatic carbocycles. The molecule has 4 aromatic rings. The van der Waals surface area contributed by atoms with E-state index in [4.69, 9.17) is 4.74 Å². The van der Waals surface area contributed by atoms with Gasteiger partial charge in [-0.25, -0.2) is 4.52 Å². The molecule has 152 valence electrons. The van der Waals surface area contributed by atoms with Crippen LogP contribution < -0.4 is 10.1 Å². The molecule has 1 N–H and O–H groups in total. The van der Waals surface area contributed by atoms with Crippen molar-refractivity contribution in [3.05, 3.63) is 67.0 Å². The Bertz CT molecular complexity index is 1100. The maximum absolute atomic E-state index is 5.88. The van der Waals surface area contributed by atoms with E-state index in [0.717, 1.165) is 41.5 Å². The topological polar surface area (TPSA) is 67.6 Å². The molecule has 0 aliphatic carbocycles. The van der Waals surface area contributed by atoms with Gasteiger partial charge in [-0.3, -0.25) is 9.88 Å². The molecule has 0 radical (unpaired) electrons. The average Bonchev–Trinajstić information content (AvgIpc) is 3.45. The van der Waals surface area contributed by atoms with Crippen LogP contribution in [0.2, 0.25) is 0 Å². The van der Waals surface area contributed by atoms with Crippen molar-refractivity contribution in [3.8, 4) is 17.0 Å². The molecule has 1 aliphatic heterocycles. The Kier molecular flexibility index (Phi) is 5.26. The van der Waals surface area contributed by atoms with Gasteiger partial charge in [0.1, 0.15) is 12.4 Å². The lowest BCUT2D eigenvalue weighted by Gasteiger charge is -2.15. The van der Waals surface area contributed by atoms with Crippen LogP contribution in [0.25, 0.3) is 16.9 Å². The first-order chi connectivity index (χ1) is 14.8. The minimum atomic E-state index is 0.555. The first kappa shape index (κ1) is 18.6. The fourth-order valence-electron chi connectivity index (χ4n) is 3.76. The van der Waals surface area contributed by atoms with Crippen molar-refractivity contribution in [1.82, 2.24) is 24.5 Å². The quantitative estimate of drug-likeness (QED) is 0.506. The van der Waals surface area contributed by atoms with Gasteiger partial charge in [-0.2, -0.15) is 4.98 Å². The molecule has 1 aliphatic rings. The van der Waals surface area contributed by atoms with Gasteiger partial charge in [-0.1, -0.05) is 6.07 Å². The normalized spacial score (nSPS) is 14.3. The fraction of sp³-hybridized carbons (Fsp3) is 0.261. The molecule has 0 unspecified atom stereocenters. The number of hydrogen-bond acceptors (Lipinski definition) is 6. The van der Waals surface area contributed by atoms with Gasteiger partial charge in [-0.05, 0) is 74.5 Å². The molecular formula is C23H24N6O. The highest BCUT2D eigenvalue weighted by molar-refractivity contribution is 5.64. The third kappa shape index (κ3) is 4.11. The van der Waals surface area contributed by atoms with Crippen molar-refractivity contribution < 1.29 is 4.74 Å². The Labute approximate surface area is 175 Å². The molecule has 3 aromatic heterocycles. The van der Waals surface area contributed by atoms with E-state index in [9.17, 15) is 0 Å². The fourth-order valence-corrected chi connectivity index (χ4v) is 3.76. The lowest BCUT2D eigenvalue weighted by Crippen LogP contribution is -2.25. The predicted octanol–water partition coefficient (Wildman–Crippen LogP) is 4.01. The Hall–Kier alpha value is -3.45. The summed E-state index contributed by atoms with van der Waals surface area (Å²) in [6, 6.07) is 17.8. The number of benzene rings is 1. The molecule has 0 bridgehead atoms. The van der Waals surface area contributed by atoms with Gasteiger partial charge in [0.25, 0.3) is 0 Å². The monoisotopic (exact) mass is 400 g/mol. The third-order valence-corrected chi connectivity index (χ3v) is 5.32. The minimum Gasteiger partial charge on any atom is -0.492 e. The van der Waals surface area contributed by atoms with E-state index in [2.05, 4.69) is 25.3 Å². The number of rotatable bonds is 7. The average molecular weight is 400 g/mol. The highest BCUT2D eigenvalue weighted by Crippen LogP contribution is 2.22. The number of anilines is 2. The van der Waals surface area contributed by atoms with Crippen molar-refractivity contribution in [2.75, 3.05) is 31.6 Å². The number of aromatic nitrogens is 4. The summed E-state index contributed by atoms with van der Waals surface area (Å²) in [6.07, 6.45) is 6.17. The van der Waals surface area contributed by atoms with Crippen LogP contribution in [-0.2, 0) is 0 Å².